The summed E-state index contributed by atoms with van der Waals surface area (Å²) < 4.78 is 0. The van der Waals surface area contributed by atoms with E-state index in [1.807, 2.05) is 12.1 Å². The molecule has 4 rings (SSSR count). The SMILES string of the molecule is Oc1cccc(-c2nc3ccc(O)cc3nc2-c2cccc(O)c2)c1. The van der Waals surface area contributed by atoms with Crippen LogP contribution in [-0.4, -0.2) is 25.3 Å². The maximum Gasteiger partial charge on any atom is 0.117 e. The van der Waals surface area contributed by atoms with Crippen LogP contribution >= 0.6 is 0 Å². The van der Waals surface area contributed by atoms with Gasteiger partial charge >= 0.3 is 0 Å². The molecular weight excluding hydrogens is 316 g/mol. The number of hydrogen-bond donors (Lipinski definition) is 3. The monoisotopic (exact) mass is 330 g/mol. The highest BCUT2D eigenvalue weighted by molar-refractivity contribution is 5.87. The van der Waals surface area contributed by atoms with Gasteiger partial charge in [0.15, 0.2) is 0 Å². The Balaban J connectivity index is 2.05. The molecule has 122 valence electrons. The number of nitrogens with zero attached hydrogens (tertiary/aromatic N) is 2. The highest BCUT2D eigenvalue weighted by atomic mass is 16.3. The lowest BCUT2D eigenvalue weighted by Crippen LogP contribution is -1.95. The van der Waals surface area contributed by atoms with Crippen LogP contribution in [0.25, 0.3) is 33.5 Å². The first-order valence-corrected chi connectivity index (χ1v) is 7.70. The number of phenols is 3. The second-order valence-electron chi connectivity index (χ2n) is 5.69. The van der Waals surface area contributed by atoms with Crippen molar-refractivity contribution < 1.29 is 15.3 Å². The van der Waals surface area contributed by atoms with Gasteiger partial charge < -0.3 is 15.3 Å². The Bertz CT molecular complexity index is 1090. The van der Waals surface area contributed by atoms with E-state index in [-0.39, 0.29) is 17.2 Å². The van der Waals surface area contributed by atoms with Crippen molar-refractivity contribution in [3.8, 4) is 39.8 Å². The molecule has 0 bridgehead atoms. The summed E-state index contributed by atoms with van der Waals surface area (Å²) in [5.41, 5.74) is 3.71. The average molecular weight is 330 g/mol. The van der Waals surface area contributed by atoms with Gasteiger partial charge in [0, 0.05) is 17.2 Å². The highest BCUT2D eigenvalue weighted by Gasteiger charge is 2.14. The molecule has 0 aliphatic carbocycles. The van der Waals surface area contributed by atoms with E-state index in [1.54, 1.807) is 54.6 Å². The van der Waals surface area contributed by atoms with Gasteiger partial charge in [-0.15, -0.1) is 0 Å². The lowest BCUT2D eigenvalue weighted by atomic mass is 10.0. The van der Waals surface area contributed by atoms with Crippen LogP contribution in [0.5, 0.6) is 17.2 Å². The first-order chi connectivity index (χ1) is 12.1. The molecular formula is C20H14N2O3. The standard InChI is InChI=1S/C20H14N2O3/c23-14-5-1-3-12(9-14)19-20(13-4-2-6-15(24)10-13)22-18-11-16(25)7-8-17(18)21-19/h1-11,23-25H. The zero-order valence-corrected chi connectivity index (χ0v) is 13.1. The Morgan fingerprint density at radius 1 is 0.520 bits per heavy atom. The molecule has 4 aromatic rings. The average Bonchev–Trinajstić information content (AvgIpc) is 2.60. The first-order valence-electron chi connectivity index (χ1n) is 7.70. The number of fused-ring (bicyclic) bond motifs is 1. The fourth-order valence-corrected chi connectivity index (χ4v) is 2.75. The van der Waals surface area contributed by atoms with Crippen molar-refractivity contribution in [2.24, 2.45) is 0 Å². The lowest BCUT2D eigenvalue weighted by molar-refractivity contribution is 0.475. The number of rotatable bonds is 2. The van der Waals surface area contributed by atoms with Gasteiger partial charge in [-0.2, -0.15) is 0 Å². The van der Waals surface area contributed by atoms with E-state index in [9.17, 15) is 15.3 Å². The number of aromatic nitrogens is 2. The largest absolute Gasteiger partial charge is 0.508 e. The zero-order valence-electron chi connectivity index (χ0n) is 13.1. The summed E-state index contributed by atoms with van der Waals surface area (Å²) in [4.78, 5) is 9.31. The molecule has 0 saturated carbocycles. The molecule has 1 heterocycles. The van der Waals surface area contributed by atoms with E-state index in [1.165, 1.54) is 0 Å². The van der Waals surface area contributed by atoms with E-state index in [2.05, 4.69) is 9.97 Å². The van der Waals surface area contributed by atoms with E-state index in [0.717, 1.165) is 0 Å². The quantitative estimate of drug-likeness (QED) is 0.515. The molecule has 25 heavy (non-hydrogen) atoms. The smallest absolute Gasteiger partial charge is 0.117 e. The van der Waals surface area contributed by atoms with Gasteiger partial charge in [-0.25, -0.2) is 9.97 Å². The Kier molecular flexibility index (Phi) is 3.47. The molecule has 0 unspecified atom stereocenters. The van der Waals surface area contributed by atoms with Crippen molar-refractivity contribution in [2.75, 3.05) is 0 Å². The fraction of sp³-hybridized carbons (Fsp3) is 0. The molecule has 5 nitrogen and oxygen atoms in total. The van der Waals surface area contributed by atoms with E-state index < -0.39 is 0 Å². The summed E-state index contributed by atoms with van der Waals surface area (Å²) >= 11 is 0. The van der Waals surface area contributed by atoms with E-state index in [4.69, 9.17) is 0 Å². The summed E-state index contributed by atoms with van der Waals surface area (Å²) in [5, 5.41) is 29.3. The van der Waals surface area contributed by atoms with Crippen molar-refractivity contribution in [1.29, 1.82) is 0 Å². The lowest BCUT2D eigenvalue weighted by Gasteiger charge is -2.11. The van der Waals surface area contributed by atoms with Crippen molar-refractivity contribution in [2.45, 2.75) is 0 Å². The summed E-state index contributed by atoms with van der Waals surface area (Å²) in [6.45, 7) is 0. The van der Waals surface area contributed by atoms with Crippen LogP contribution in [0.1, 0.15) is 0 Å². The van der Waals surface area contributed by atoms with Crippen LogP contribution in [0.2, 0.25) is 0 Å². The molecule has 0 aliphatic heterocycles. The first kappa shape index (κ1) is 15.0. The number of aromatic hydroxyl groups is 3. The highest BCUT2D eigenvalue weighted by Crippen LogP contribution is 2.34. The maximum atomic E-state index is 9.81. The van der Waals surface area contributed by atoms with Crippen molar-refractivity contribution in [1.82, 2.24) is 9.97 Å². The van der Waals surface area contributed by atoms with Gasteiger partial charge in [-0.3, -0.25) is 0 Å². The normalized spacial score (nSPS) is 10.9. The van der Waals surface area contributed by atoms with Crippen LogP contribution in [0, 0.1) is 0 Å². The minimum absolute atomic E-state index is 0.105. The zero-order chi connectivity index (χ0) is 17.4. The minimum atomic E-state index is 0.105. The third-order valence-corrected chi connectivity index (χ3v) is 3.89. The van der Waals surface area contributed by atoms with Crippen molar-refractivity contribution >= 4 is 11.0 Å². The second-order valence-corrected chi connectivity index (χ2v) is 5.69. The molecule has 1 aromatic heterocycles. The molecule has 5 heteroatoms. The predicted molar refractivity (Wildman–Crippen MR) is 95.4 cm³/mol. The second kappa shape index (κ2) is 5.79. The number of benzene rings is 3. The van der Waals surface area contributed by atoms with Gasteiger partial charge in [-0.1, -0.05) is 24.3 Å². The van der Waals surface area contributed by atoms with Gasteiger partial charge in [0.05, 0.1) is 22.4 Å². The molecule has 0 aliphatic rings. The molecule has 0 spiro atoms. The molecule has 0 saturated heterocycles. The summed E-state index contributed by atoms with van der Waals surface area (Å²) in [6.07, 6.45) is 0. The molecule has 3 aromatic carbocycles. The van der Waals surface area contributed by atoms with Crippen LogP contribution in [0.3, 0.4) is 0 Å². The number of phenolic OH excluding ortho intramolecular Hbond substituents is 3. The van der Waals surface area contributed by atoms with Crippen LogP contribution in [0.15, 0.2) is 66.7 Å². The molecule has 3 N–H and O–H groups in total. The Hall–Kier alpha value is -3.60. The third kappa shape index (κ3) is 2.83. The molecule has 0 radical (unpaired) electrons. The van der Waals surface area contributed by atoms with Gasteiger partial charge in [0.1, 0.15) is 17.2 Å². The van der Waals surface area contributed by atoms with Crippen LogP contribution < -0.4 is 0 Å². The van der Waals surface area contributed by atoms with Gasteiger partial charge in [-0.05, 0) is 36.4 Å². The van der Waals surface area contributed by atoms with Gasteiger partial charge in [0.2, 0.25) is 0 Å². The molecule has 0 amide bonds. The van der Waals surface area contributed by atoms with Crippen molar-refractivity contribution in [3.05, 3.63) is 66.7 Å². The topological polar surface area (TPSA) is 86.5 Å². The Morgan fingerprint density at radius 2 is 1.04 bits per heavy atom. The fourth-order valence-electron chi connectivity index (χ4n) is 2.75. The summed E-state index contributed by atoms with van der Waals surface area (Å²) in [7, 11) is 0. The van der Waals surface area contributed by atoms with Gasteiger partial charge in [0.25, 0.3) is 0 Å². The van der Waals surface area contributed by atoms with E-state index in [0.29, 0.717) is 33.5 Å². The van der Waals surface area contributed by atoms with Crippen LogP contribution in [0.4, 0.5) is 0 Å². The van der Waals surface area contributed by atoms with Crippen LogP contribution in [-0.2, 0) is 0 Å². The Labute approximate surface area is 143 Å². The van der Waals surface area contributed by atoms with E-state index >= 15 is 0 Å². The number of hydrogen-bond acceptors (Lipinski definition) is 5. The maximum absolute atomic E-state index is 9.81. The summed E-state index contributed by atoms with van der Waals surface area (Å²) in [5.74, 6) is 0.359. The summed E-state index contributed by atoms with van der Waals surface area (Å²) in [6, 6.07) is 18.3. The molecule has 0 fully saturated rings. The predicted octanol–water partition coefficient (Wildman–Crippen LogP) is 4.08. The Morgan fingerprint density at radius 3 is 1.60 bits per heavy atom. The minimum Gasteiger partial charge on any atom is -0.508 e. The van der Waals surface area contributed by atoms with Crippen molar-refractivity contribution in [3.63, 3.8) is 0 Å². The molecule has 0 atom stereocenters. The third-order valence-electron chi connectivity index (χ3n) is 3.89.